The standard InChI is InChI=1S/C30H34Cl4N4O3S/c1-36(30(39)24-15-25(31)18-26(32)16-24)20-23(21-7-8-27(33)28(34)17-21)9-10-37-11-13-38(14-12-37)29-6-4-3-5-22(29)19-35-42(2,40)41/h3-8,15-18,23,35H,9-14,19-20H2,1-2H3/t23-/m1/s1. The number of anilines is 1. The molecular weight excluding hydrogens is 638 g/mol. The van der Waals surface area contributed by atoms with Crippen LogP contribution in [0.5, 0.6) is 0 Å². The number of rotatable bonds is 11. The van der Waals surface area contributed by atoms with Gasteiger partial charge in [0.05, 0.1) is 16.3 Å². The minimum absolute atomic E-state index is 0.0178. The summed E-state index contributed by atoms with van der Waals surface area (Å²) in [5.41, 5.74) is 3.44. The average Bonchev–Trinajstić information content (AvgIpc) is 2.94. The summed E-state index contributed by atoms with van der Waals surface area (Å²) in [5.74, 6) is -0.147. The molecule has 0 unspecified atom stereocenters. The van der Waals surface area contributed by atoms with E-state index in [1.165, 1.54) is 6.26 Å². The summed E-state index contributed by atoms with van der Waals surface area (Å²) in [7, 11) is -1.51. The molecule has 3 aromatic rings. The van der Waals surface area contributed by atoms with E-state index in [0.29, 0.717) is 32.2 Å². The van der Waals surface area contributed by atoms with E-state index in [9.17, 15) is 13.2 Å². The molecule has 1 N–H and O–H groups in total. The quantitative estimate of drug-likeness (QED) is 0.255. The Labute approximate surface area is 268 Å². The molecule has 0 aliphatic carbocycles. The van der Waals surface area contributed by atoms with Crippen LogP contribution in [-0.4, -0.2) is 76.7 Å². The number of carbonyl (C=O) groups excluding carboxylic acids is 1. The van der Waals surface area contributed by atoms with Crippen LogP contribution in [0.3, 0.4) is 0 Å². The Morgan fingerprint density at radius 1 is 0.929 bits per heavy atom. The van der Waals surface area contributed by atoms with Crippen molar-refractivity contribution in [2.45, 2.75) is 18.9 Å². The number of hydrogen-bond acceptors (Lipinski definition) is 5. The van der Waals surface area contributed by atoms with Crippen molar-refractivity contribution in [2.24, 2.45) is 0 Å². The SMILES string of the molecule is CN(C[C@@H](CCN1CCN(c2ccccc2CNS(C)(=O)=O)CC1)c1ccc(Cl)c(Cl)c1)C(=O)c1cc(Cl)cc(Cl)c1. The van der Waals surface area contributed by atoms with E-state index < -0.39 is 10.0 Å². The molecule has 0 aromatic heterocycles. The minimum atomic E-state index is -3.28. The Balaban J connectivity index is 1.41. The largest absolute Gasteiger partial charge is 0.369 e. The first kappa shape index (κ1) is 32.9. The molecule has 1 amide bonds. The number of likely N-dealkylation sites (N-methyl/N-ethyl adjacent to an activating group) is 1. The second kappa shape index (κ2) is 14.6. The van der Waals surface area contributed by atoms with Crippen molar-refractivity contribution < 1.29 is 13.2 Å². The highest BCUT2D eigenvalue weighted by Crippen LogP contribution is 2.30. The molecule has 0 bridgehead atoms. The van der Waals surface area contributed by atoms with Gasteiger partial charge in [-0.25, -0.2) is 13.1 Å². The first-order chi connectivity index (χ1) is 19.9. The molecule has 0 radical (unpaired) electrons. The highest BCUT2D eigenvalue weighted by molar-refractivity contribution is 7.88. The fourth-order valence-corrected chi connectivity index (χ4v) is 6.42. The summed E-state index contributed by atoms with van der Waals surface area (Å²) in [6.07, 6.45) is 1.97. The maximum absolute atomic E-state index is 13.3. The summed E-state index contributed by atoms with van der Waals surface area (Å²) in [4.78, 5) is 19.7. The fourth-order valence-electron chi connectivity index (χ4n) is 5.17. The van der Waals surface area contributed by atoms with Gasteiger partial charge < -0.3 is 9.80 Å². The Morgan fingerprint density at radius 2 is 1.60 bits per heavy atom. The Morgan fingerprint density at radius 3 is 2.24 bits per heavy atom. The number of halogens is 4. The van der Waals surface area contributed by atoms with Gasteiger partial charge in [-0.3, -0.25) is 9.69 Å². The Hall–Kier alpha value is -2.04. The number of nitrogens with zero attached hydrogens (tertiary/aromatic N) is 3. The van der Waals surface area contributed by atoms with Crippen LogP contribution < -0.4 is 9.62 Å². The third-order valence-corrected chi connectivity index (χ3v) is 9.23. The van der Waals surface area contributed by atoms with Crippen LogP contribution in [-0.2, 0) is 16.6 Å². The van der Waals surface area contributed by atoms with Gasteiger partial charge in [-0.15, -0.1) is 0 Å². The van der Waals surface area contributed by atoms with Crippen molar-refractivity contribution in [1.29, 1.82) is 0 Å². The lowest BCUT2D eigenvalue weighted by Crippen LogP contribution is -2.47. The lowest BCUT2D eigenvalue weighted by molar-refractivity contribution is 0.0782. The van der Waals surface area contributed by atoms with Crippen molar-refractivity contribution in [3.8, 4) is 0 Å². The maximum Gasteiger partial charge on any atom is 0.253 e. The number of hydrogen-bond donors (Lipinski definition) is 1. The third kappa shape index (κ3) is 9.23. The topological polar surface area (TPSA) is 73.0 Å². The summed E-state index contributed by atoms with van der Waals surface area (Å²) in [6, 6.07) is 18.4. The number of para-hydroxylation sites is 1. The van der Waals surface area contributed by atoms with Crippen molar-refractivity contribution in [3.05, 3.63) is 97.4 Å². The van der Waals surface area contributed by atoms with Gasteiger partial charge in [0.1, 0.15) is 0 Å². The van der Waals surface area contributed by atoms with Crippen molar-refractivity contribution in [2.75, 3.05) is 57.5 Å². The first-order valence-electron chi connectivity index (χ1n) is 13.6. The van der Waals surface area contributed by atoms with E-state index in [0.717, 1.165) is 56.0 Å². The second-order valence-electron chi connectivity index (χ2n) is 10.6. The van der Waals surface area contributed by atoms with Crippen LogP contribution in [0.4, 0.5) is 5.69 Å². The van der Waals surface area contributed by atoms with Crippen molar-refractivity contribution in [3.63, 3.8) is 0 Å². The molecule has 3 aromatic carbocycles. The minimum Gasteiger partial charge on any atom is -0.369 e. The highest BCUT2D eigenvalue weighted by Gasteiger charge is 2.24. The molecule has 42 heavy (non-hydrogen) atoms. The van der Waals surface area contributed by atoms with Gasteiger partial charge >= 0.3 is 0 Å². The monoisotopic (exact) mass is 670 g/mol. The second-order valence-corrected chi connectivity index (χ2v) is 14.1. The molecule has 1 aliphatic rings. The van der Waals surface area contributed by atoms with Gasteiger partial charge in [0.2, 0.25) is 10.0 Å². The summed E-state index contributed by atoms with van der Waals surface area (Å²) in [6.45, 7) is 4.93. The number of benzene rings is 3. The lowest BCUT2D eigenvalue weighted by atomic mass is 9.94. The average molecular weight is 673 g/mol. The Kier molecular flexibility index (Phi) is 11.4. The summed E-state index contributed by atoms with van der Waals surface area (Å²) >= 11 is 24.9. The van der Waals surface area contributed by atoms with E-state index in [4.69, 9.17) is 46.4 Å². The highest BCUT2D eigenvalue weighted by atomic mass is 35.5. The Bertz CT molecular complexity index is 1490. The van der Waals surface area contributed by atoms with Crippen LogP contribution in [0.15, 0.2) is 60.7 Å². The molecule has 1 aliphatic heterocycles. The van der Waals surface area contributed by atoms with Crippen LogP contribution in [0.25, 0.3) is 0 Å². The molecular formula is C30H34Cl4N4O3S. The molecule has 1 saturated heterocycles. The zero-order valence-electron chi connectivity index (χ0n) is 23.5. The smallest absolute Gasteiger partial charge is 0.253 e. The van der Waals surface area contributed by atoms with E-state index in [1.807, 2.05) is 36.4 Å². The fraction of sp³-hybridized carbons (Fsp3) is 0.367. The predicted octanol–water partition coefficient (Wildman–Crippen LogP) is 6.42. The summed E-state index contributed by atoms with van der Waals surface area (Å²) < 4.78 is 25.8. The molecule has 226 valence electrons. The molecule has 0 saturated carbocycles. The van der Waals surface area contributed by atoms with Crippen LogP contribution >= 0.6 is 46.4 Å². The van der Waals surface area contributed by atoms with Gasteiger partial charge in [0.25, 0.3) is 5.91 Å². The van der Waals surface area contributed by atoms with Gasteiger partial charge in [-0.2, -0.15) is 0 Å². The molecule has 1 heterocycles. The zero-order chi connectivity index (χ0) is 30.4. The molecule has 1 fully saturated rings. The van der Waals surface area contributed by atoms with Crippen LogP contribution in [0, 0.1) is 0 Å². The number of amides is 1. The van der Waals surface area contributed by atoms with Crippen LogP contribution in [0.1, 0.15) is 33.8 Å². The van der Waals surface area contributed by atoms with Crippen LogP contribution in [0.2, 0.25) is 20.1 Å². The molecule has 7 nitrogen and oxygen atoms in total. The van der Waals surface area contributed by atoms with E-state index in [-0.39, 0.29) is 18.4 Å². The first-order valence-corrected chi connectivity index (χ1v) is 17.0. The molecule has 4 rings (SSSR count). The van der Waals surface area contributed by atoms with E-state index in [2.05, 4.69) is 14.5 Å². The number of piperazine rings is 1. The van der Waals surface area contributed by atoms with Crippen molar-refractivity contribution in [1.82, 2.24) is 14.5 Å². The van der Waals surface area contributed by atoms with Gasteiger partial charge in [-0.1, -0.05) is 70.7 Å². The predicted molar refractivity (Wildman–Crippen MR) is 174 cm³/mol. The molecule has 1 atom stereocenters. The number of nitrogens with one attached hydrogen (secondary N) is 1. The molecule has 12 heteroatoms. The van der Waals surface area contributed by atoms with E-state index >= 15 is 0 Å². The number of sulfonamides is 1. The maximum atomic E-state index is 13.3. The van der Waals surface area contributed by atoms with E-state index in [1.54, 1.807) is 36.2 Å². The number of carbonyl (C=O) groups is 1. The van der Waals surface area contributed by atoms with Gasteiger partial charge in [-0.05, 0) is 60.5 Å². The normalized spacial score (nSPS) is 15.0. The third-order valence-electron chi connectivity index (χ3n) is 7.39. The van der Waals surface area contributed by atoms with Gasteiger partial charge in [0.15, 0.2) is 0 Å². The summed E-state index contributed by atoms with van der Waals surface area (Å²) in [5, 5.41) is 1.79. The lowest BCUT2D eigenvalue weighted by Gasteiger charge is -2.37. The van der Waals surface area contributed by atoms with Crippen molar-refractivity contribution >= 4 is 68.0 Å². The zero-order valence-corrected chi connectivity index (χ0v) is 27.3. The molecule has 0 spiro atoms. The van der Waals surface area contributed by atoms with Gasteiger partial charge in [0, 0.05) is 73.5 Å².